The summed E-state index contributed by atoms with van der Waals surface area (Å²) in [6, 6.07) is 10.2. The first-order valence-electron chi connectivity index (χ1n) is 8.71. The monoisotopic (exact) mass is 366 g/mol. The normalized spacial score (nSPS) is 18.9. The van der Waals surface area contributed by atoms with Gasteiger partial charge >= 0.3 is 0 Å². The molecule has 1 aromatic heterocycles. The number of Topliss-reactive ketones (excluding diaryl/α,β-unsaturated/α-hetero) is 1. The van der Waals surface area contributed by atoms with Crippen LogP contribution in [0.2, 0.25) is 0 Å². The molecule has 1 saturated heterocycles. The summed E-state index contributed by atoms with van der Waals surface area (Å²) in [6.45, 7) is 4.26. The second-order valence-electron chi connectivity index (χ2n) is 6.56. The molecule has 140 valence electrons. The van der Waals surface area contributed by atoms with E-state index in [-0.39, 0.29) is 24.5 Å². The summed E-state index contributed by atoms with van der Waals surface area (Å²) in [5, 5.41) is 11.0. The third kappa shape index (κ3) is 3.48. The Bertz CT molecular complexity index is 906. The number of pyridine rings is 1. The highest BCUT2D eigenvalue weighted by Crippen LogP contribution is 2.38. The minimum Gasteiger partial charge on any atom is -0.507 e. The zero-order valence-corrected chi connectivity index (χ0v) is 15.6. The molecule has 0 spiro atoms. The molecule has 1 aliphatic heterocycles. The summed E-state index contributed by atoms with van der Waals surface area (Å²) in [5.41, 5.74) is 2.90. The number of methoxy groups -OCH3 is 1. The summed E-state index contributed by atoms with van der Waals surface area (Å²) >= 11 is 0. The maximum atomic E-state index is 12.8. The van der Waals surface area contributed by atoms with Gasteiger partial charge in [-0.25, -0.2) is 0 Å². The van der Waals surface area contributed by atoms with E-state index >= 15 is 0 Å². The maximum Gasteiger partial charge on any atom is 0.295 e. The molecule has 3 rings (SSSR count). The van der Waals surface area contributed by atoms with Gasteiger partial charge in [0.2, 0.25) is 0 Å². The van der Waals surface area contributed by atoms with Crippen LogP contribution in [0.15, 0.2) is 48.2 Å². The van der Waals surface area contributed by atoms with Crippen LogP contribution in [-0.4, -0.2) is 46.9 Å². The smallest absolute Gasteiger partial charge is 0.295 e. The lowest BCUT2D eigenvalue weighted by Gasteiger charge is -2.24. The molecule has 1 atom stereocenters. The molecule has 1 amide bonds. The molecule has 1 N–H and O–H groups in total. The Morgan fingerprint density at radius 1 is 1.22 bits per heavy atom. The minimum atomic E-state index is -0.749. The molecule has 1 aliphatic rings. The van der Waals surface area contributed by atoms with Crippen LogP contribution in [0.1, 0.15) is 28.4 Å². The summed E-state index contributed by atoms with van der Waals surface area (Å²) < 4.78 is 5.08. The van der Waals surface area contributed by atoms with E-state index in [1.54, 1.807) is 24.4 Å². The van der Waals surface area contributed by atoms with E-state index in [1.165, 1.54) is 12.0 Å². The first-order valence-corrected chi connectivity index (χ1v) is 8.71. The van der Waals surface area contributed by atoms with Crippen LogP contribution >= 0.6 is 0 Å². The standard InChI is InChI=1S/C21H22N2O4/c1-13-7-8-14(2)15(12-13)19(24)17-18(16-6-4-5-9-22-16)23(10-11-27-3)21(26)20(17)25/h4-9,12,18,24H,10-11H2,1-3H3/b19-17+. The third-order valence-corrected chi connectivity index (χ3v) is 4.69. The zero-order valence-electron chi connectivity index (χ0n) is 15.6. The van der Waals surface area contributed by atoms with Gasteiger partial charge in [-0.15, -0.1) is 0 Å². The van der Waals surface area contributed by atoms with Crippen molar-refractivity contribution in [2.45, 2.75) is 19.9 Å². The van der Waals surface area contributed by atoms with Crippen LogP contribution in [0.4, 0.5) is 0 Å². The minimum absolute atomic E-state index is 0.0588. The topological polar surface area (TPSA) is 79.7 Å². The third-order valence-electron chi connectivity index (χ3n) is 4.69. The molecule has 0 bridgehead atoms. The predicted molar refractivity (Wildman–Crippen MR) is 101 cm³/mol. The summed E-state index contributed by atoms with van der Waals surface area (Å²) in [4.78, 5) is 31.2. The zero-order chi connectivity index (χ0) is 19.6. The fraction of sp³-hybridized carbons (Fsp3) is 0.286. The molecule has 2 aromatic rings. The van der Waals surface area contributed by atoms with Gasteiger partial charge in [0.05, 0.1) is 17.9 Å². The first kappa shape index (κ1) is 18.8. The molecule has 27 heavy (non-hydrogen) atoms. The number of carbonyl (C=O) groups is 2. The van der Waals surface area contributed by atoms with Gasteiger partial charge in [0, 0.05) is 25.4 Å². The number of benzene rings is 1. The Labute approximate surface area is 158 Å². The van der Waals surface area contributed by atoms with Gasteiger partial charge in [-0.2, -0.15) is 0 Å². The number of amides is 1. The van der Waals surface area contributed by atoms with Crippen molar-refractivity contribution >= 4 is 17.4 Å². The number of rotatable bonds is 5. The highest BCUT2D eigenvalue weighted by molar-refractivity contribution is 6.46. The van der Waals surface area contributed by atoms with E-state index in [9.17, 15) is 14.7 Å². The van der Waals surface area contributed by atoms with Gasteiger partial charge in [0.25, 0.3) is 11.7 Å². The average molecular weight is 366 g/mol. The van der Waals surface area contributed by atoms with Crippen molar-refractivity contribution in [1.29, 1.82) is 0 Å². The predicted octanol–water partition coefficient (Wildman–Crippen LogP) is 2.77. The van der Waals surface area contributed by atoms with Crippen LogP contribution < -0.4 is 0 Å². The number of aliphatic hydroxyl groups excluding tert-OH is 1. The van der Waals surface area contributed by atoms with Crippen LogP contribution in [0.25, 0.3) is 5.76 Å². The van der Waals surface area contributed by atoms with Crippen molar-refractivity contribution in [1.82, 2.24) is 9.88 Å². The molecule has 0 saturated carbocycles. The summed E-state index contributed by atoms with van der Waals surface area (Å²) in [7, 11) is 1.53. The first-order chi connectivity index (χ1) is 13.0. The number of hydrogen-bond acceptors (Lipinski definition) is 5. The van der Waals surface area contributed by atoms with Gasteiger partial charge in [-0.05, 0) is 37.6 Å². The van der Waals surface area contributed by atoms with Gasteiger partial charge in [0.15, 0.2) is 0 Å². The van der Waals surface area contributed by atoms with E-state index in [0.29, 0.717) is 11.3 Å². The Kier molecular flexibility index (Phi) is 5.37. The van der Waals surface area contributed by atoms with Crippen molar-refractivity contribution in [2.24, 2.45) is 0 Å². The van der Waals surface area contributed by atoms with Gasteiger partial charge in [-0.1, -0.05) is 23.8 Å². The number of aryl methyl sites for hydroxylation is 2. The Hall–Kier alpha value is -2.99. The number of likely N-dealkylation sites (tertiary alicyclic amines) is 1. The lowest BCUT2D eigenvalue weighted by Crippen LogP contribution is -2.33. The molecule has 0 radical (unpaired) electrons. The molecule has 2 heterocycles. The molecular weight excluding hydrogens is 344 g/mol. The van der Waals surface area contributed by atoms with Crippen LogP contribution in [0.3, 0.4) is 0 Å². The van der Waals surface area contributed by atoms with Crippen molar-refractivity contribution in [3.8, 4) is 0 Å². The highest BCUT2D eigenvalue weighted by atomic mass is 16.5. The van der Waals surface area contributed by atoms with Crippen molar-refractivity contribution in [3.05, 3.63) is 70.6 Å². The van der Waals surface area contributed by atoms with E-state index in [0.717, 1.165) is 11.1 Å². The van der Waals surface area contributed by atoms with Gasteiger partial charge in [-0.3, -0.25) is 14.6 Å². The number of aliphatic hydroxyl groups is 1. The van der Waals surface area contributed by atoms with Crippen molar-refractivity contribution < 1.29 is 19.4 Å². The number of carbonyl (C=O) groups excluding carboxylic acids is 2. The quantitative estimate of drug-likeness (QED) is 0.500. The van der Waals surface area contributed by atoms with Crippen molar-refractivity contribution in [2.75, 3.05) is 20.3 Å². The largest absolute Gasteiger partial charge is 0.507 e. The Balaban J connectivity index is 2.20. The van der Waals surface area contributed by atoms with Crippen LogP contribution in [0.5, 0.6) is 0 Å². The summed E-state index contributed by atoms with van der Waals surface area (Å²) in [6.07, 6.45) is 1.60. The van der Waals surface area contributed by atoms with E-state index < -0.39 is 17.7 Å². The van der Waals surface area contributed by atoms with Gasteiger partial charge < -0.3 is 14.7 Å². The van der Waals surface area contributed by atoms with Crippen LogP contribution in [-0.2, 0) is 14.3 Å². The number of ether oxygens (including phenoxy) is 1. The number of ketones is 1. The highest BCUT2D eigenvalue weighted by Gasteiger charge is 2.46. The maximum absolute atomic E-state index is 12.8. The molecule has 0 aliphatic carbocycles. The fourth-order valence-corrected chi connectivity index (χ4v) is 3.28. The molecule has 1 fully saturated rings. The van der Waals surface area contributed by atoms with Crippen LogP contribution in [0, 0.1) is 13.8 Å². The molecule has 1 unspecified atom stereocenters. The molecule has 6 heteroatoms. The lowest BCUT2D eigenvalue weighted by atomic mass is 9.95. The number of nitrogens with zero attached hydrogens (tertiary/aromatic N) is 2. The van der Waals surface area contributed by atoms with Gasteiger partial charge in [0.1, 0.15) is 11.8 Å². The second kappa shape index (κ2) is 7.72. The number of hydrogen-bond donors (Lipinski definition) is 1. The Morgan fingerprint density at radius 2 is 2.00 bits per heavy atom. The number of aromatic nitrogens is 1. The molecule has 6 nitrogen and oxygen atoms in total. The SMILES string of the molecule is COCCN1C(=O)C(=O)/C(=C(/O)c2cc(C)ccc2C)C1c1ccccn1. The van der Waals surface area contributed by atoms with E-state index in [4.69, 9.17) is 4.74 Å². The Morgan fingerprint density at radius 3 is 2.67 bits per heavy atom. The fourth-order valence-electron chi connectivity index (χ4n) is 3.28. The van der Waals surface area contributed by atoms with Crippen molar-refractivity contribution in [3.63, 3.8) is 0 Å². The van der Waals surface area contributed by atoms with E-state index in [2.05, 4.69) is 4.98 Å². The second-order valence-corrected chi connectivity index (χ2v) is 6.56. The molecule has 1 aromatic carbocycles. The lowest BCUT2D eigenvalue weighted by molar-refractivity contribution is -0.140. The molecular formula is C21H22N2O4. The van der Waals surface area contributed by atoms with E-state index in [1.807, 2.05) is 32.0 Å². The average Bonchev–Trinajstić information content (AvgIpc) is 2.93. The summed E-state index contributed by atoms with van der Waals surface area (Å²) in [5.74, 6) is -1.54.